The summed E-state index contributed by atoms with van der Waals surface area (Å²) in [6.45, 7) is 0.933. The van der Waals surface area contributed by atoms with E-state index in [1.807, 2.05) is 0 Å². The molecule has 1 atom stereocenters. The van der Waals surface area contributed by atoms with Crippen LogP contribution in [0.5, 0.6) is 0 Å². The number of hydrogen-bond acceptors (Lipinski definition) is 5. The van der Waals surface area contributed by atoms with Gasteiger partial charge >= 0.3 is 0 Å². The Bertz CT molecular complexity index is 516. The third-order valence-electron chi connectivity index (χ3n) is 2.74. The maximum absolute atomic E-state index is 12.0. The van der Waals surface area contributed by atoms with E-state index in [0.717, 1.165) is 13.0 Å². The molecule has 2 rings (SSSR count). The highest BCUT2D eigenvalue weighted by Crippen LogP contribution is 2.09. The summed E-state index contributed by atoms with van der Waals surface area (Å²) in [5.41, 5.74) is 0. The highest BCUT2D eigenvalue weighted by atomic mass is 32.2. The molecule has 0 bridgehead atoms. The second kappa shape index (κ2) is 5.55. The lowest BCUT2D eigenvalue weighted by Gasteiger charge is -2.14. The van der Waals surface area contributed by atoms with E-state index in [1.165, 1.54) is 12.3 Å². The van der Waals surface area contributed by atoms with Gasteiger partial charge in [0.15, 0.2) is 10.8 Å². The van der Waals surface area contributed by atoms with Crippen LogP contribution in [0.25, 0.3) is 0 Å². The van der Waals surface area contributed by atoms with Crippen molar-refractivity contribution >= 4 is 15.8 Å². The van der Waals surface area contributed by atoms with Crippen molar-refractivity contribution in [3.8, 4) is 0 Å². The minimum atomic E-state index is -3.72. The first-order chi connectivity index (χ1) is 8.59. The lowest BCUT2D eigenvalue weighted by Crippen LogP contribution is -2.42. The van der Waals surface area contributed by atoms with Gasteiger partial charge in [-0.05, 0) is 31.5 Å². The van der Waals surface area contributed by atoms with Gasteiger partial charge in [-0.15, -0.1) is 0 Å². The number of carbonyl (C=O) groups is 1. The Morgan fingerprint density at radius 3 is 2.94 bits per heavy atom. The number of pyridine rings is 1. The van der Waals surface area contributed by atoms with Gasteiger partial charge in [-0.3, -0.25) is 4.79 Å². The van der Waals surface area contributed by atoms with Gasteiger partial charge in [-0.25, -0.2) is 13.4 Å². The van der Waals surface area contributed by atoms with E-state index in [-0.39, 0.29) is 17.4 Å². The quantitative estimate of drug-likeness (QED) is 0.785. The molecule has 1 aliphatic rings. The van der Waals surface area contributed by atoms with Gasteiger partial charge in [0, 0.05) is 6.20 Å². The number of aromatic nitrogens is 1. The van der Waals surface area contributed by atoms with Gasteiger partial charge in [-0.2, -0.15) is 4.72 Å². The monoisotopic (exact) mass is 269 g/mol. The van der Waals surface area contributed by atoms with Gasteiger partial charge < -0.3 is 5.32 Å². The Kier molecular flexibility index (Phi) is 4.05. The Labute approximate surface area is 106 Å². The fourth-order valence-electron chi connectivity index (χ4n) is 1.81. The van der Waals surface area contributed by atoms with Crippen molar-refractivity contribution in [3.05, 3.63) is 24.4 Å². The van der Waals surface area contributed by atoms with Gasteiger partial charge in [0.05, 0.1) is 12.6 Å². The Morgan fingerprint density at radius 2 is 2.22 bits per heavy atom. The van der Waals surface area contributed by atoms with Crippen molar-refractivity contribution in [1.29, 1.82) is 0 Å². The summed E-state index contributed by atoms with van der Waals surface area (Å²) in [7, 11) is -3.72. The number of nitrogens with zero attached hydrogens (tertiary/aromatic N) is 1. The molecule has 1 aromatic rings. The molecule has 0 spiro atoms. The maximum atomic E-state index is 12.0. The molecule has 18 heavy (non-hydrogen) atoms. The number of ketones is 1. The summed E-state index contributed by atoms with van der Waals surface area (Å²) in [5.74, 6) is -0.132. The number of nitrogens with one attached hydrogen (secondary N) is 2. The van der Waals surface area contributed by atoms with Crippen molar-refractivity contribution in [2.45, 2.75) is 23.9 Å². The summed E-state index contributed by atoms with van der Waals surface area (Å²) in [6, 6.07) is 3.98. The Hall–Kier alpha value is -1.31. The molecule has 0 saturated carbocycles. The summed E-state index contributed by atoms with van der Waals surface area (Å²) >= 11 is 0. The van der Waals surface area contributed by atoms with Crippen molar-refractivity contribution in [1.82, 2.24) is 15.0 Å². The van der Waals surface area contributed by atoms with Crippen LogP contribution in [-0.4, -0.2) is 38.3 Å². The standard InChI is InChI=1S/C11H15N3O3S/c15-10-8-12-6-3-4-9(10)14-18(16,17)11-5-1-2-7-13-11/h1-2,5,7,9,12,14H,3-4,6,8H2. The summed E-state index contributed by atoms with van der Waals surface area (Å²) < 4.78 is 26.4. The number of carbonyl (C=O) groups excluding carboxylic acids is 1. The zero-order valence-corrected chi connectivity index (χ0v) is 10.6. The molecule has 7 heteroatoms. The van der Waals surface area contributed by atoms with Gasteiger partial charge in [0.1, 0.15) is 0 Å². The molecular weight excluding hydrogens is 254 g/mol. The molecule has 0 aromatic carbocycles. The summed E-state index contributed by atoms with van der Waals surface area (Å²) in [5, 5.41) is 2.89. The van der Waals surface area contributed by atoms with E-state index < -0.39 is 16.1 Å². The third-order valence-corrected chi connectivity index (χ3v) is 4.13. The number of rotatable bonds is 3. The van der Waals surface area contributed by atoms with Crippen LogP contribution in [0.1, 0.15) is 12.8 Å². The molecule has 2 heterocycles. The average molecular weight is 269 g/mol. The van der Waals surface area contributed by atoms with Gasteiger partial charge in [-0.1, -0.05) is 6.07 Å². The molecule has 0 radical (unpaired) electrons. The molecule has 2 N–H and O–H groups in total. The topological polar surface area (TPSA) is 88.2 Å². The van der Waals surface area contributed by atoms with Gasteiger partial charge in [0.25, 0.3) is 10.0 Å². The first-order valence-corrected chi connectivity index (χ1v) is 7.25. The van der Waals surface area contributed by atoms with Crippen LogP contribution in [0.3, 0.4) is 0 Å². The summed E-state index contributed by atoms with van der Waals surface area (Å²) in [6.07, 6.45) is 2.68. The van der Waals surface area contributed by atoms with E-state index in [4.69, 9.17) is 0 Å². The number of sulfonamides is 1. The molecule has 6 nitrogen and oxygen atoms in total. The molecule has 1 aliphatic heterocycles. The highest BCUT2D eigenvalue weighted by Gasteiger charge is 2.26. The Balaban J connectivity index is 2.15. The molecule has 0 amide bonds. The smallest absolute Gasteiger partial charge is 0.258 e. The molecule has 98 valence electrons. The van der Waals surface area contributed by atoms with Crippen LogP contribution in [0, 0.1) is 0 Å². The molecular formula is C11H15N3O3S. The minimum absolute atomic E-state index is 0.0602. The first-order valence-electron chi connectivity index (χ1n) is 5.76. The fraction of sp³-hybridized carbons (Fsp3) is 0.455. The SMILES string of the molecule is O=C1CNCCCC1NS(=O)(=O)c1ccccn1. The molecule has 1 saturated heterocycles. The average Bonchev–Trinajstić information content (AvgIpc) is 2.56. The van der Waals surface area contributed by atoms with Crippen LogP contribution in [-0.2, 0) is 14.8 Å². The predicted molar refractivity (Wildman–Crippen MR) is 65.5 cm³/mol. The largest absolute Gasteiger partial charge is 0.310 e. The molecule has 0 aliphatic carbocycles. The van der Waals surface area contributed by atoms with Crippen molar-refractivity contribution < 1.29 is 13.2 Å². The summed E-state index contributed by atoms with van der Waals surface area (Å²) in [4.78, 5) is 15.5. The second-order valence-corrected chi connectivity index (χ2v) is 5.79. The van der Waals surface area contributed by atoms with Gasteiger partial charge in [0.2, 0.25) is 0 Å². The molecule has 1 aromatic heterocycles. The van der Waals surface area contributed by atoms with Crippen molar-refractivity contribution in [2.24, 2.45) is 0 Å². The second-order valence-electron chi connectivity index (χ2n) is 4.13. The highest BCUT2D eigenvalue weighted by molar-refractivity contribution is 7.89. The lowest BCUT2D eigenvalue weighted by atomic mass is 10.1. The fourth-order valence-corrected chi connectivity index (χ4v) is 3.01. The van der Waals surface area contributed by atoms with Crippen LogP contribution >= 0.6 is 0 Å². The van der Waals surface area contributed by atoms with Crippen molar-refractivity contribution in [2.75, 3.05) is 13.1 Å². The third kappa shape index (κ3) is 3.12. The normalized spacial score (nSPS) is 21.6. The minimum Gasteiger partial charge on any atom is -0.310 e. The number of Topliss-reactive ketones (excluding diaryl/α,β-unsaturated/α-hetero) is 1. The van der Waals surface area contributed by atoms with Crippen LogP contribution in [0.15, 0.2) is 29.4 Å². The van der Waals surface area contributed by atoms with E-state index in [2.05, 4.69) is 15.0 Å². The molecule has 1 fully saturated rings. The van der Waals surface area contributed by atoms with E-state index >= 15 is 0 Å². The predicted octanol–water partition coefficient (Wildman–Crippen LogP) is -0.319. The van der Waals surface area contributed by atoms with E-state index in [1.54, 1.807) is 12.1 Å². The van der Waals surface area contributed by atoms with Crippen LogP contribution in [0.4, 0.5) is 0 Å². The van der Waals surface area contributed by atoms with E-state index in [0.29, 0.717) is 6.42 Å². The maximum Gasteiger partial charge on any atom is 0.258 e. The van der Waals surface area contributed by atoms with E-state index in [9.17, 15) is 13.2 Å². The lowest BCUT2D eigenvalue weighted by molar-refractivity contribution is -0.119. The number of hydrogen-bond donors (Lipinski definition) is 2. The first kappa shape index (κ1) is 13.1. The Morgan fingerprint density at radius 1 is 1.39 bits per heavy atom. The molecule has 1 unspecified atom stereocenters. The zero-order valence-electron chi connectivity index (χ0n) is 9.80. The van der Waals surface area contributed by atoms with Crippen molar-refractivity contribution in [3.63, 3.8) is 0 Å². The van der Waals surface area contributed by atoms with Crippen LogP contribution in [0.2, 0.25) is 0 Å². The van der Waals surface area contributed by atoms with Crippen LogP contribution < -0.4 is 10.0 Å². The zero-order chi connectivity index (χ0) is 13.0.